The molecule has 0 fully saturated rings. The van der Waals surface area contributed by atoms with E-state index in [-0.39, 0.29) is 0 Å². The van der Waals surface area contributed by atoms with Crippen molar-refractivity contribution in [3.63, 3.8) is 0 Å². The topological polar surface area (TPSA) is 17.1 Å². The first kappa shape index (κ1) is 6.73. The second-order valence-electron chi connectivity index (χ2n) is 0.759. The predicted octanol–water partition coefficient (Wildman–Crippen LogP) is 1.13. The van der Waals surface area contributed by atoms with Gasteiger partial charge in [-0.05, 0) is 0 Å². The van der Waals surface area contributed by atoms with E-state index in [0.717, 1.165) is 0 Å². The molecule has 0 bridgehead atoms. The molecule has 1 nitrogen and oxygen atoms in total. The molecule has 4 heteroatoms. The van der Waals surface area contributed by atoms with Crippen molar-refractivity contribution in [3.8, 4) is 0 Å². The van der Waals surface area contributed by atoms with Crippen LogP contribution in [0.5, 0.6) is 0 Å². The summed E-state index contributed by atoms with van der Waals surface area (Å²) in [4.78, 5) is 0. The standard InChI is InChI=1S/C2H4Cl2OS/c1-6(5)2(3)4/h2H,1H3. The van der Waals surface area contributed by atoms with Gasteiger partial charge in [-0.3, -0.25) is 4.21 Å². The van der Waals surface area contributed by atoms with Crippen molar-refractivity contribution < 1.29 is 4.21 Å². The molecule has 0 aromatic heterocycles. The third-order valence-electron chi connectivity index (χ3n) is 0.251. The molecule has 0 aromatic rings. The lowest BCUT2D eigenvalue weighted by Gasteiger charge is -1.87. The highest BCUT2D eigenvalue weighted by molar-refractivity contribution is 7.87. The molecule has 38 valence electrons. The van der Waals surface area contributed by atoms with Gasteiger partial charge in [0.2, 0.25) is 0 Å². The molecule has 0 saturated heterocycles. The molecule has 0 saturated carbocycles. The Hall–Kier alpha value is 0.730. The van der Waals surface area contributed by atoms with E-state index in [9.17, 15) is 4.21 Å². The van der Waals surface area contributed by atoms with Crippen LogP contribution in [0.2, 0.25) is 0 Å². The Kier molecular flexibility index (Phi) is 3.17. The van der Waals surface area contributed by atoms with E-state index in [2.05, 4.69) is 0 Å². The van der Waals surface area contributed by atoms with Crippen LogP contribution in [-0.4, -0.2) is 14.6 Å². The zero-order valence-electron chi connectivity index (χ0n) is 3.15. The van der Waals surface area contributed by atoms with Crippen molar-refractivity contribution in [3.05, 3.63) is 0 Å². The molecule has 6 heavy (non-hydrogen) atoms. The third kappa shape index (κ3) is 2.94. The summed E-state index contributed by atoms with van der Waals surface area (Å²) < 4.78 is 9.26. The zero-order valence-corrected chi connectivity index (χ0v) is 5.48. The largest absolute Gasteiger partial charge is 0.257 e. The van der Waals surface area contributed by atoms with Gasteiger partial charge in [0.05, 0.1) is 10.8 Å². The van der Waals surface area contributed by atoms with E-state index >= 15 is 0 Å². The molecule has 0 aliphatic rings. The molecule has 0 amide bonds. The van der Waals surface area contributed by atoms with Crippen molar-refractivity contribution in [2.45, 2.75) is 4.17 Å². The summed E-state index contributed by atoms with van der Waals surface area (Å²) in [7, 11) is -1.09. The van der Waals surface area contributed by atoms with E-state index < -0.39 is 15.0 Å². The Labute approximate surface area is 49.1 Å². The predicted molar refractivity (Wildman–Crippen MR) is 29.6 cm³/mol. The van der Waals surface area contributed by atoms with Crippen LogP contribution in [0.4, 0.5) is 0 Å². The quantitative estimate of drug-likeness (QED) is 0.508. The minimum absolute atomic E-state index is 0.731. The molecule has 1 unspecified atom stereocenters. The zero-order chi connectivity index (χ0) is 5.15. The van der Waals surface area contributed by atoms with Crippen LogP contribution in [-0.2, 0) is 10.8 Å². The fourth-order valence-corrected chi connectivity index (χ4v) is 0. The van der Waals surface area contributed by atoms with E-state index in [1.54, 1.807) is 0 Å². The maximum Gasteiger partial charge on any atom is 0.181 e. The molecular formula is C2H4Cl2OS. The van der Waals surface area contributed by atoms with Crippen LogP contribution in [0.1, 0.15) is 0 Å². The minimum Gasteiger partial charge on any atom is -0.257 e. The van der Waals surface area contributed by atoms with Crippen molar-refractivity contribution >= 4 is 34.0 Å². The van der Waals surface area contributed by atoms with Crippen LogP contribution >= 0.6 is 23.2 Å². The van der Waals surface area contributed by atoms with Gasteiger partial charge >= 0.3 is 0 Å². The molecule has 0 aromatic carbocycles. The maximum atomic E-state index is 9.99. The van der Waals surface area contributed by atoms with Crippen LogP contribution in [0, 0.1) is 0 Å². The average Bonchev–Trinajstić information content (AvgIpc) is 1.36. The van der Waals surface area contributed by atoms with Gasteiger partial charge in [-0.1, -0.05) is 23.2 Å². The van der Waals surface area contributed by atoms with Crippen molar-refractivity contribution in [1.29, 1.82) is 0 Å². The highest BCUT2D eigenvalue weighted by atomic mass is 35.5. The van der Waals surface area contributed by atoms with E-state index in [1.165, 1.54) is 6.26 Å². The van der Waals surface area contributed by atoms with Gasteiger partial charge in [0, 0.05) is 6.26 Å². The van der Waals surface area contributed by atoms with E-state index in [4.69, 9.17) is 23.2 Å². The molecule has 0 aliphatic carbocycles. The Morgan fingerprint density at radius 1 is 1.67 bits per heavy atom. The van der Waals surface area contributed by atoms with Gasteiger partial charge in [0.15, 0.2) is 4.17 Å². The minimum atomic E-state index is -1.09. The summed E-state index contributed by atoms with van der Waals surface area (Å²) in [6, 6.07) is 0. The fourth-order valence-electron chi connectivity index (χ4n) is 0. The van der Waals surface area contributed by atoms with Crippen LogP contribution < -0.4 is 0 Å². The van der Waals surface area contributed by atoms with Crippen molar-refractivity contribution in [2.24, 2.45) is 0 Å². The van der Waals surface area contributed by atoms with Crippen molar-refractivity contribution in [1.82, 2.24) is 0 Å². The molecular weight excluding hydrogens is 143 g/mol. The Morgan fingerprint density at radius 3 is 1.83 bits per heavy atom. The normalized spacial score (nSPS) is 15.3. The Bertz CT molecular complexity index is 62.6. The summed E-state index contributed by atoms with van der Waals surface area (Å²) in [6.45, 7) is 0. The van der Waals surface area contributed by atoms with Gasteiger partial charge in [0.25, 0.3) is 0 Å². The van der Waals surface area contributed by atoms with E-state index in [1.807, 2.05) is 0 Å². The van der Waals surface area contributed by atoms with Gasteiger partial charge in [-0.15, -0.1) is 0 Å². The lowest BCUT2D eigenvalue weighted by atomic mass is 11.9. The smallest absolute Gasteiger partial charge is 0.181 e. The SMILES string of the molecule is CS(=O)C(Cl)Cl. The van der Waals surface area contributed by atoms with Gasteiger partial charge < -0.3 is 0 Å². The molecule has 1 atom stereocenters. The number of rotatable bonds is 1. The average molecular weight is 147 g/mol. The second kappa shape index (κ2) is 2.83. The molecule has 0 N–H and O–H groups in total. The first-order valence-corrected chi connectivity index (χ1v) is 3.74. The lowest BCUT2D eigenvalue weighted by molar-refractivity contribution is 0.688. The monoisotopic (exact) mass is 146 g/mol. The molecule has 0 aliphatic heterocycles. The molecule has 0 heterocycles. The van der Waals surface area contributed by atoms with Gasteiger partial charge in [-0.2, -0.15) is 0 Å². The van der Waals surface area contributed by atoms with Crippen molar-refractivity contribution in [2.75, 3.05) is 6.26 Å². The number of halogens is 2. The highest BCUT2D eigenvalue weighted by Crippen LogP contribution is 2.03. The van der Waals surface area contributed by atoms with Gasteiger partial charge in [0.1, 0.15) is 0 Å². The lowest BCUT2D eigenvalue weighted by Crippen LogP contribution is -1.93. The Balaban J connectivity index is 3.26. The summed E-state index contributed by atoms with van der Waals surface area (Å²) >= 11 is 10.2. The summed E-state index contributed by atoms with van der Waals surface area (Å²) in [5.41, 5.74) is 0. The molecule has 0 spiro atoms. The first-order valence-electron chi connectivity index (χ1n) is 1.25. The second-order valence-corrected chi connectivity index (χ2v) is 3.84. The summed E-state index contributed by atoms with van der Waals surface area (Å²) in [6.07, 6.45) is 1.45. The highest BCUT2D eigenvalue weighted by Gasteiger charge is 1.98. The maximum absolute atomic E-state index is 9.99. The Morgan fingerprint density at radius 2 is 1.83 bits per heavy atom. The van der Waals surface area contributed by atoms with Crippen LogP contribution in [0.25, 0.3) is 0 Å². The number of hydrogen-bond donors (Lipinski definition) is 0. The molecule has 0 rings (SSSR count). The number of alkyl halides is 2. The van der Waals surface area contributed by atoms with Crippen LogP contribution in [0.3, 0.4) is 0 Å². The fraction of sp³-hybridized carbons (Fsp3) is 1.00. The summed E-state index contributed by atoms with van der Waals surface area (Å²) in [5, 5.41) is 0. The molecule has 0 radical (unpaired) electrons. The van der Waals surface area contributed by atoms with Crippen LogP contribution in [0.15, 0.2) is 0 Å². The third-order valence-corrected chi connectivity index (χ3v) is 2.26. The van der Waals surface area contributed by atoms with Gasteiger partial charge in [-0.25, -0.2) is 0 Å². The first-order chi connectivity index (χ1) is 2.64. The number of hydrogen-bond acceptors (Lipinski definition) is 1. The summed E-state index contributed by atoms with van der Waals surface area (Å²) in [5.74, 6) is 0. The van der Waals surface area contributed by atoms with E-state index in [0.29, 0.717) is 0 Å².